The Labute approximate surface area is 137 Å². The molecule has 6 nitrogen and oxygen atoms in total. The van der Waals surface area contributed by atoms with E-state index in [1.54, 1.807) is 17.0 Å². The second kappa shape index (κ2) is 7.57. The van der Waals surface area contributed by atoms with Crippen LogP contribution in [0.15, 0.2) is 29.2 Å². The van der Waals surface area contributed by atoms with Gasteiger partial charge in [0.25, 0.3) is 0 Å². The summed E-state index contributed by atoms with van der Waals surface area (Å²) in [5, 5.41) is 9.05. The van der Waals surface area contributed by atoms with Gasteiger partial charge in [0.15, 0.2) is 0 Å². The number of carbonyl (C=O) groups excluding carboxylic acids is 1. The molecule has 0 spiro atoms. The van der Waals surface area contributed by atoms with Crippen molar-refractivity contribution in [2.45, 2.75) is 43.5 Å². The first-order chi connectivity index (χ1) is 11.0. The lowest BCUT2D eigenvalue weighted by Crippen LogP contribution is -2.46. The molecule has 0 aromatic heterocycles. The number of benzene rings is 1. The van der Waals surface area contributed by atoms with Gasteiger partial charge in [0.1, 0.15) is 6.07 Å². The highest BCUT2D eigenvalue weighted by Crippen LogP contribution is 2.18. The number of nitrogens with zero attached hydrogens (tertiary/aromatic N) is 2. The van der Waals surface area contributed by atoms with Gasteiger partial charge >= 0.3 is 0 Å². The Morgan fingerprint density at radius 2 is 2.00 bits per heavy atom. The topological polar surface area (TPSA) is 90.3 Å². The minimum Gasteiger partial charge on any atom is -0.343 e. The van der Waals surface area contributed by atoms with E-state index in [4.69, 9.17) is 5.26 Å². The number of sulfonamides is 1. The normalized spacial score (nSPS) is 16.1. The fourth-order valence-corrected chi connectivity index (χ4v) is 4.16. The molecule has 2 rings (SSSR count). The zero-order chi connectivity index (χ0) is 16.9. The Bertz CT molecular complexity index is 702. The van der Waals surface area contributed by atoms with Gasteiger partial charge < -0.3 is 4.90 Å². The zero-order valence-electron chi connectivity index (χ0n) is 13.2. The molecule has 1 N–H and O–H groups in total. The van der Waals surface area contributed by atoms with Crippen molar-refractivity contribution in [3.8, 4) is 6.07 Å². The number of nitrogens with one attached hydrogen (secondary N) is 1. The van der Waals surface area contributed by atoms with Gasteiger partial charge in [-0.2, -0.15) is 5.26 Å². The second-order valence-electron chi connectivity index (χ2n) is 5.63. The third-order valence-electron chi connectivity index (χ3n) is 3.93. The molecule has 0 atom stereocenters. The maximum absolute atomic E-state index is 12.5. The predicted molar refractivity (Wildman–Crippen MR) is 86.0 cm³/mol. The Balaban J connectivity index is 2.01. The average molecular weight is 335 g/mol. The summed E-state index contributed by atoms with van der Waals surface area (Å²) in [5.41, 5.74) is 0.135. The molecule has 0 bridgehead atoms. The van der Waals surface area contributed by atoms with Gasteiger partial charge in [0.05, 0.1) is 10.5 Å². The maximum atomic E-state index is 12.5. The molecule has 124 valence electrons. The van der Waals surface area contributed by atoms with Crippen molar-refractivity contribution < 1.29 is 13.2 Å². The standard InChI is InChI=1S/C16H21N3O3S/c1-2-5-16(20)19-10-8-14(9-11-19)18-23(21,22)15-7-4-3-6-13(15)12-17/h3-4,6-7,14,18H,2,5,8-11H2,1H3. The number of amides is 1. The SMILES string of the molecule is CCCC(=O)N1CCC(NS(=O)(=O)c2ccccc2C#N)CC1. The van der Waals surface area contributed by atoms with Gasteiger partial charge in [-0.15, -0.1) is 0 Å². The lowest BCUT2D eigenvalue weighted by molar-refractivity contribution is -0.132. The highest BCUT2D eigenvalue weighted by Gasteiger charge is 2.27. The number of hydrogen-bond acceptors (Lipinski definition) is 4. The molecule has 1 heterocycles. The second-order valence-corrected chi connectivity index (χ2v) is 7.32. The van der Waals surface area contributed by atoms with E-state index in [0.717, 1.165) is 6.42 Å². The Morgan fingerprint density at radius 1 is 1.35 bits per heavy atom. The Kier molecular flexibility index (Phi) is 5.74. The van der Waals surface area contributed by atoms with Crippen LogP contribution in [0, 0.1) is 11.3 Å². The van der Waals surface area contributed by atoms with Crippen molar-refractivity contribution in [3.63, 3.8) is 0 Å². The number of likely N-dealkylation sites (tertiary alicyclic amines) is 1. The van der Waals surface area contributed by atoms with E-state index in [-0.39, 0.29) is 22.4 Å². The van der Waals surface area contributed by atoms with Crippen LogP contribution in [-0.2, 0) is 14.8 Å². The molecule has 1 aromatic carbocycles. The number of nitriles is 1. The highest BCUT2D eigenvalue weighted by molar-refractivity contribution is 7.89. The number of piperidine rings is 1. The molecule has 0 saturated carbocycles. The van der Waals surface area contributed by atoms with E-state index in [1.165, 1.54) is 12.1 Å². The van der Waals surface area contributed by atoms with Gasteiger partial charge in [-0.3, -0.25) is 4.79 Å². The largest absolute Gasteiger partial charge is 0.343 e. The van der Waals surface area contributed by atoms with Crippen LogP contribution in [0.4, 0.5) is 0 Å². The van der Waals surface area contributed by atoms with E-state index < -0.39 is 10.0 Å². The summed E-state index contributed by atoms with van der Waals surface area (Å²) in [4.78, 5) is 13.6. The van der Waals surface area contributed by atoms with Crippen molar-refractivity contribution in [1.82, 2.24) is 9.62 Å². The van der Waals surface area contributed by atoms with Crippen molar-refractivity contribution in [2.24, 2.45) is 0 Å². The fraction of sp³-hybridized carbons (Fsp3) is 0.500. The maximum Gasteiger partial charge on any atom is 0.242 e. The van der Waals surface area contributed by atoms with Crippen LogP contribution in [-0.4, -0.2) is 38.4 Å². The molecule has 0 aliphatic carbocycles. The third kappa shape index (κ3) is 4.30. The van der Waals surface area contributed by atoms with E-state index in [9.17, 15) is 13.2 Å². The zero-order valence-corrected chi connectivity index (χ0v) is 14.0. The summed E-state index contributed by atoms with van der Waals surface area (Å²) in [5.74, 6) is 0.128. The first-order valence-corrected chi connectivity index (χ1v) is 9.25. The van der Waals surface area contributed by atoms with Crippen LogP contribution in [0.3, 0.4) is 0 Å². The predicted octanol–water partition coefficient (Wildman–Crippen LogP) is 1.63. The lowest BCUT2D eigenvalue weighted by atomic mass is 10.1. The molecule has 1 fully saturated rings. The summed E-state index contributed by atoms with van der Waals surface area (Å²) in [6.45, 7) is 3.09. The first-order valence-electron chi connectivity index (χ1n) is 7.77. The molecular formula is C16H21N3O3S. The number of hydrogen-bond donors (Lipinski definition) is 1. The molecular weight excluding hydrogens is 314 g/mol. The molecule has 23 heavy (non-hydrogen) atoms. The van der Waals surface area contributed by atoms with Crippen LogP contribution in [0.25, 0.3) is 0 Å². The molecule has 7 heteroatoms. The van der Waals surface area contributed by atoms with Crippen LogP contribution >= 0.6 is 0 Å². The Morgan fingerprint density at radius 3 is 2.61 bits per heavy atom. The molecule has 1 aromatic rings. The molecule has 0 radical (unpaired) electrons. The minimum absolute atomic E-state index is 0.00647. The van der Waals surface area contributed by atoms with Crippen LogP contribution < -0.4 is 4.72 Å². The molecule has 1 saturated heterocycles. The van der Waals surface area contributed by atoms with Gasteiger partial charge in [-0.05, 0) is 31.4 Å². The van der Waals surface area contributed by atoms with E-state index in [1.807, 2.05) is 13.0 Å². The van der Waals surface area contributed by atoms with Crippen molar-refractivity contribution in [2.75, 3.05) is 13.1 Å². The molecule has 0 unspecified atom stereocenters. The van der Waals surface area contributed by atoms with E-state index >= 15 is 0 Å². The van der Waals surface area contributed by atoms with Crippen molar-refractivity contribution >= 4 is 15.9 Å². The highest BCUT2D eigenvalue weighted by atomic mass is 32.2. The van der Waals surface area contributed by atoms with Gasteiger partial charge in [0, 0.05) is 25.6 Å². The van der Waals surface area contributed by atoms with E-state index in [2.05, 4.69) is 4.72 Å². The summed E-state index contributed by atoms with van der Waals surface area (Å²) in [6.07, 6.45) is 2.52. The number of carbonyl (C=O) groups is 1. The summed E-state index contributed by atoms with van der Waals surface area (Å²) in [7, 11) is -3.73. The van der Waals surface area contributed by atoms with Crippen LogP contribution in [0.2, 0.25) is 0 Å². The van der Waals surface area contributed by atoms with E-state index in [0.29, 0.717) is 32.4 Å². The average Bonchev–Trinajstić information content (AvgIpc) is 2.55. The van der Waals surface area contributed by atoms with Gasteiger partial charge in [-0.1, -0.05) is 19.1 Å². The molecule has 1 aliphatic heterocycles. The molecule has 1 aliphatic rings. The lowest BCUT2D eigenvalue weighted by Gasteiger charge is -2.32. The van der Waals surface area contributed by atoms with Gasteiger partial charge in [0.2, 0.25) is 15.9 Å². The smallest absolute Gasteiger partial charge is 0.242 e. The van der Waals surface area contributed by atoms with Crippen molar-refractivity contribution in [3.05, 3.63) is 29.8 Å². The quantitative estimate of drug-likeness (QED) is 0.885. The van der Waals surface area contributed by atoms with Crippen LogP contribution in [0.5, 0.6) is 0 Å². The van der Waals surface area contributed by atoms with Gasteiger partial charge in [-0.25, -0.2) is 13.1 Å². The molecule has 1 amide bonds. The number of rotatable bonds is 5. The summed E-state index contributed by atoms with van der Waals surface area (Å²) >= 11 is 0. The fourth-order valence-electron chi connectivity index (χ4n) is 2.69. The third-order valence-corrected chi connectivity index (χ3v) is 5.51. The first kappa shape index (κ1) is 17.4. The Hall–Kier alpha value is -1.91. The summed E-state index contributed by atoms with van der Waals surface area (Å²) in [6, 6.07) is 7.84. The summed E-state index contributed by atoms with van der Waals surface area (Å²) < 4.78 is 27.6. The monoisotopic (exact) mass is 335 g/mol. The van der Waals surface area contributed by atoms with Crippen LogP contribution in [0.1, 0.15) is 38.2 Å². The van der Waals surface area contributed by atoms with Crippen molar-refractivity contribution in [1.29, 1.82) is 5.26 Å². The minimum atomic E-state index is -3.73.